The Morgan fingerprint density at radius 1 is 1.22 bits per heavy atom. The molecule has 2 heterocycles. The van der Waals surface area contributed by atoms with Crippen LogP contribution in [0.15, 0.2) is 18.2 Å². The summed E-state index contributed by atoms with van der Waals surface area (Å²) in [6.07, 6.45) is 8.41. The Morgan fingerprint density at radius 2 is 1.85 bits per heavy atom. The first-order chi connectivity index (χ1) is 13.0. The van der Waals surface area contributed by atoms with Crippen LogP contribution < -0.4 is 4.90 Å². The highest BCUT2D eigenvalue weighted by Gasteiger charge is 2.28. The number of carbonyl (C=O) groups excluding carboxylic acids is 1. The van der Waals surface area contributed by atoms with Gasteiger partial charge in [0.2, 0.25) is 0 Å². The molecule has 2 saturated heterocycles. The van der Waals surface area contributed by atoms with Crippen LogP contribution in [0.1, 0.15) is 42.5 Å². The summed E-state index contributed by atoms with van der Waals surface area (Å²) in [6.45, 7) is 2.40. The Balaban J connectivity index is 1.51. The Labute approximate surface area is 168 Å². The number of nitriles is 1. The fraction of sp³-hybridized carbons (Fsp3) is 0.619. The lowest BCUT2D eigenvalue weighted by Gasteiger charge is -2.36. The van der Waals surface area contributed by atoms with Gasteiger partial charge in [-0.2, -0.15) is 0 Å². The van der Waals surface area contributed by atoms with Gasteiger partial charge in [0.25, 0.3) is 12.6 Å². The van der Waals surface area contributed by atoms with Gasteiger partial charge in [-0.3, -0.25) is 4.79 Å². The van der Waals surface area contributed by atoms with Crippen molar-refractivity contribution in [2.45, 2.75) is 44.7 Å². The molecule has 1 amide bonds. The molecule has 2 aliphatic heterocycles. The number of piperidine rings is 1. The van der Waals surface area contributed by atoms with Crippen LogP contribution in [0.3, 0.4) is 0 Å². The molecule has 144 valence electrons. The number of anilines is 1. The maximum atomic E-state index is 12.1. The number of nitrogens with zero attached hydrogens (tertiary/aromatic N) is 3. The first-order valence-electron chi connectivity index (χ1n) is 10.1. The van der Waals surface area contributed by atoms with Crippen LogP contribution in [0, 0.1) is 23.1 Å². The van der Waals surface area contributed by atoms with Gasteiger partial charge in [0.15, 0.2) is 0 Å². The normalized spacial score (nSPS) is 19.0. The minimum atomic E-state index is -0.0589. The molecule has 0 unspecified atom stereocenters. The van der Waals surface area contributed by atoms with Gasteiger partial charge >= 0.3 is 0 Å². The zero-order valence-electron chi connectivity index (χ0n) is 16.5. The van der Waals surface area contributed by atoms with E-state index in [-0.39, 0.29) is 5.91 Å². The largest absolute Gasteiger partial charge is 0.371 e. The molecule has 1 aromatic carbocycles. The maximum Gasteiger partial charge on any atom is 0.267 e. The second-order valence-corrected chi connectivity index (χ2v) is 8.78. The minimum Gasteiger partial charge on any atom is -0.371 e. The summed E-state index contributed by atoms with van der Waals surface area (Å²) in [4.78, 5) is 16.1. The van der Waals surface area contributed by atoms with Crippen molar-refractivity contribution < 1.29 is 4.79 Å². The van der Waals surface area contributed by atoms with Gasteiger partial charge in [-0.1, -0.05) is 37.1 Å². The Morgan fingerprint density at radius 3 is 2.41 bits per heavy atom. The van der Waals surface area contributed by atoms with Crippen LogP contribution in [-0.2, 0) is 0 Å². The quantitative estimate of drug-likeness (QED) is 0.711. The number of carbonyl (C=O) groups is 1. The molecule has 0 radical (unpaired) electrons. The van der Waals surface area contributed by atoms with E-state index in [0.29, 0.717) is 17.3 Å². The molecule has 0 bridgehead atoms. The molecule has 27 heavy (non-hydrogen) atoms. The lowest BCUT2D eigenvalue weighted by atomic mass is 9.41. The fourth-order valence-electron chi connectivity index (χ4n) is 4.54. The van der Waals surface area contributed by atoms with Crippen molar-refractivity contribution in [3.63, 3.8) is 0 Å². The molecule has 0 spiro atoms. The number of hydrogen-bond donors (Lipinski definition) is 0. The van der Waals surface area contributed by atoms with Crippen LogP contribution >= 0.6 is 11.6 Å². The lowest BCUT2D eigenvalue weighted by molar-refractivity contribution is 0.0828. The van der Waals surface area contributed by atoms with Crippen molar-refractivity contribution in [1.82, 2.24) is 4.90 Å². The molecule has 0 atom stereocenters. The molecule has 2 fully saturated rings. The van der Waals surface area contributed by atoms with Gasteiger partial charge in [0.05, 0.1) is 10.6 Å². The maximum absolute atomic E-state index is 12.1. The third-order valence-corrected chi connectivity index (χ3v) is 6.58. The van der Waals surface area contributed by atoms with E-state index in [2.05, 4.69) is 10.9 Å². The van der Waals surface area contributed by atoms with Crippen LogP contribution in [0.4, 0.5) is 5.69 Å². The highest BCUT2D eigenvalue weighted by Crippen LogP contribution is 2.35. The summed E-state index contributed by atoms with van der Waals surface area (Å²) in [5.41, 5.74) is 1.68. The van der Waals surface area contributed by atoms with E-state index >= 15 is 0 Å². The Bertz CT molecular complexity index is 702. The monoisotopic (exact) mass is 385 g/mol. The van der Waals surface area contributed by atoms with Gasteiger partial charge in [-0.25, -0.2) is 5.26 Å². The van der Waals surface area contributed by atoms with Crippen LogP contribution in [0.5, 0.6) is 0 Å². The van der Waals surface area contributed by atoms with E-state index in [1.54, 1.807) is 19.0 Å². The van der Waals surface area contributed by atoms with Gasteiger partial charge in [-0.15, -0.1) is 0 Å². The molecule has 1 aromatic rings. The topological polar surface area (TPSA) is 47.3 Å². The predicted octanol–water partition coefficient (Wildman–Crippen LogP) is 4.62. The molecule has 0 saturated carbocycles. The van der Waals surface area contributed by atoms with Crippen LogP contribution in [0.2, 0.25) is 17.7 Å². The second kappa shape index (κ2) is 9.02. The molecule has 0 aromatic heterocycles. The summed E-state index contributed by atoms with van der Waals surface area (Å²) in [5.74, 6) is 3.99. The number of benzene rings is 1. The highest BCUT2D eigenvalue weighted by molar-refractivity contribution is 6.67. The molecule has 4 nitrogen and oxygen atoms in total. The van der Waals surface area contributed by atoms with E-state index in [1.165, 1.54) is 32.1 Å². The van der Waals surface area contributed by atoms with E-state index in [4.69, 9.17) is 16.9 Å². The molecule has 0 aliphatic carbocycles. The van der Waals surface area contributed by atoms with E-state index in [9.17, 15) is 4.79 Å². The SMILES string of the molecule is CN(C)C(=O)c1ccc(N2CCC(CC3CCB(C#N)CC3)CC2)cc1Cl. The number of hydrogen-bond acceptors (Lipinski definition) is 3. The Kier molecular flexibility index (Phi) is 6.71. The molecular weight excluding hydrogens is 357 g/mol. The summed E-state index contributed by atoms with van der Waals surface area (Å²) in [6, 6.07) is 5.80. The number of rotatable bonds is 4. The average molecular weight is 386 g/mol. The van der Waals surface area contributed by atoms with E-state index in [0.717, 1.165) is 43.3 Å². The third kappa shape index (κ3) is 4.99. The standard InChI is InChI=1S/C21H29BClN3O/c1-25(2)21(27)19-4-3-18(14-20(19)23)26-11-7-17(8-12-26)13-16-5-9-22(15-24)10-6-16/h3-4,14,16-17H,5-13H2,1-2H3. The summed E-state index contributed by atoms with van der Waals surface area (Å²) in [5, 5.41) is 9.57. The zero-order valence-corrected chi connectivity index (χ0v) is 17.2. The highest BCUT2D eigenvalue weighted by atomic mass is 35.5. The van der Waals surface area contributed by atoms with Crippen molar-refractivity contribution in [3.05, 3.63) is 28.8 Å². The van der Waals surface area contributed by atoms with Gasteiger partial charge in [0, 0.05) is 38.8 Å². The van der Waals surface area contributed by atoms with Crippen molar-refractivity contribution >= 4 is 29.9 Å². The zero-order chi connectivity index (χ0) is 19.4. The second-order valence-electron chi connectivity index (χ2n) is 8.38. The molecule has 2 aliphatic rings. The lowest BCUT2D eigenvalue weighted by Crippen LogP contribution is -2.34. The predicted molar refractivity (Wildman–Crippen MR) is 113 cm³/mol. The van der Waals surface area contributed by atoms with Crippen LogP contribution in [0.25, 0.3) is 0 Å². The third-order valence-electron chi connectivity index (χ3n) is 6.26. The fourth-order valence-corrected chi connectivity index (χ4v) is 4.80. The summed E-state index contributed by atoms with van der Waals surface area (Å²) >= 11 is 6.37. The number of amides is 1. The smallest absolute Gasteiger partial charge is 0.267 e. The first kappa shape index (κ1) is 20.1. The van der Waals surface area contributed by atoms with Crippen LogP contribution in [-0.4, -0.2) is 44.7 Å². The van der Waals surface area contributed by atoms with Crippen molar-refractivity contribution in [3.8, 4) is 5.97 Å². The van der Waals surface area contributed by atoms with Crippen molar-refractivity contribution in [2.75, 3.05) is 32.1 Å². The van der Waals surface area contributed by atoms with E-state index in [1.807, 2.05) is 18.2 Å². The Hall–Kier alpha value is -1.67. The molecule has 0 N–H and O–H groups in total. The van der Waals surface area contributed by atoms with Crippen molar-refractivity contribution in [2.24, 2.45) is 11.8 Å². The first-order valence-corrected chi connectivity index (χ1v) is 10.5. The van der Waals surface area contributed by atoms with Gasteiger partial charge < -0.3 is 9.80 Å². The summed E-state index contributed by atoms with van der Waals surface area (Å²) in [7, 11) is 3.48. The van der Waals surface area contributed by atoms with Gasteiger partial charge in [-0.05, 0) is 49.3 Å². The molecule has 6 heteroatoms. The number of halogens is 1. The molecular formula is C21H29BClN3O. The summed E-state index contributed by atoms with van der Waals surface area (Å²) < 4.78 is 0. The van der Waals surface area contributed by atoms with E-state index < -0.39 is 0 Å². The minimum absolute atomic E-state index is 0.0589. The molecule has 3 rings (SSSR count). The van der Waals surface area contributed by atoms with Gasteiger partial charge in [0.1, 0.15) is 0 Å². The van der Waals surface area contributed by atoms with Crippen molar-refractivity contribution in [1.29, 1.82) is 5.26 Å². The average Bonchev–Trinajstić information content (AvgIpc) is 2.68.